The maximum absolute atomic E-state index is 6.30. The van der Waals surface area contributed by atoms with Crippen molar-refractivity contribution < 1.29 is 4.52 Å². The average Bonchev–Trinajstić information content (AvgIpc) is 2.99. The molecule has 1 aliphatic carbocycles. The lowest BCUT2D eigenvalue weighted by atomic mass is 9.99. The monoisotopic (exact) mass is 244 g/mol. The quantitative estimate of drug-likeness (QED) is 0.875. The molecule has 0 aromatic carbocycles. The maximum atomic E-state index is 6.30. The predicted octanol–water partition coefficient (Wildman–Crippen LogP) is 2.17. The Morgan fingerprint density at radius 2 is 2.11 bits per heavy atom. The van der Waals surface area contributed by atoms with Gasteiger partial charge < -0.3 is 10.3 Å². The first kappa shape index (κ1) is 11.3. The predicted molar refractivity (Wildman–Crippen MR) is 66.6 cm³/mol. The SMILES string of the molecule is Cc1cnccc1-c1noc(C2(N)CCCC2)n1. The van der Waals surface area contributed by atoms with E-state index < -0.39 is 5.54 Å². The summed E-state index contributed by atoms with van der Waals surface area (Å²) < 4.78 is 5.35. The van der Waals surface area contributed by atoms with Crippen LogP contribution in [0.1, 0.15) is 37.1 Å². The second-order valence-corrected chi connectivity index (χ2v) is 4.98. The first-order valence-corrected chi connectivity index (χ1v) is 6.23. The van der Waals surface area contributed by atoms with Crippen molar-refractivity contribution in [1.82, 2.24) is 15.1 Å². The minimum absolute atomic E-state index is 0.424. The van der Waals surface area contributed by atoms with Gasteiger partial charge in [0.25, 0.3) is 0 Å². The van der Waals surface area contributed by atoms with Crippen LogP contribution in [0, 0.1) is 6.92 Å². The van der Waals surface area contributed by atoms with Crippen LogP contribution in [0.4, 0.5) is 0 Å². The number of aromatic nitrogens is 3. The van der Waals surface area contributed by atoms with E-state index in [9.17, 15) is 0 Å². The molecule has 3 rings (SSSR count). The van der Waals surface area contributed by atoms with Gasteiger partial charge in [0, 0.05) is 18.0 Å². The Labute approximate surface area is 105 Å². The molecule has 5 heteroatoms. The number of aryl methyl sites for hydroxylation is 1. The molecule has 0 spiro atoms. The van der Waals surface area contributed by atoms with E-state index in [-0.39, 0.29) is 0 Å². The molecule has 0 unspecified atom stereocenters. The molecule has 18 heavy (non-hydrogen) atoms. The summed E-state index contributed by atoms with van der Waals surface area (Å²) in [4.78, 5) is 8.52. The number of nitrogens with zero attached hydrogens (tertiary/aromatic N) is 3. The zero-order chi connectivity index (χ0) is 12.6. The molecular weight excluding hydrogens is 228 g/mol. The van der Waals surface area contributed by atoms with Gasteiger partial charge >= 0.3 is 0 Å². The van der Waals surface area contributed by atoms with Gasteiger partial charge in [0.15, 0.2) is 0 Å². The first-order chi connectivity index (χ1) is 8.69. The van der Waals surface area contributed by atoms with Gasteiger partial charge in [0.2, 0.25) is 11.7 Å². The molecule has 2 heterocycles. The van der Waals surface area contributed by atoms with Gasteiger partial charge in [-0.25, -0.2) is 0 Å². The molecule has 0 amide bonds. The standard InChI is InChI=1S/C13H16N4O/c1-9-8-15-7-4-10(9)11-16-12(18-17-11)13(14)5-2-3-6-13/h4,7-8H,2-3,5-6,14H2,1H3. The highest BCUT2D eigenvalue weighted by Crippen LogP contribution is 2.36. The normalized spacial score (nSPS) is 18.1. The van der Waals surface area contributed by atoms with Crippen LogP contribution in [0.2, 0.25) is 0 Å². The Bertz CT molecular complexity index is 558. The molecule has 0 saturated heterocycles. The molecule has 2 N–H and O–H groups in total. The van der Waals surface area contributed by atoms with Crippen molar-refractivity contribution in [2.75, 3.05) is 0 Å². The van der Waals surface area contributed by atoms with Crippen LogP contribution in [-0.4, -0.2) is 15.1 Å². The molecule has 1 fully saturated rings. The number of rotatable bonds is 2. The average molecular weight is 244 g/mol. The van der Waals surface area contributed by atoms with Crippen molar-refractivity contribution in [3.63, 3.8) is 0 Å². The Morgan fingerprint density at radius 1 is 1.33 bits per heavy atom. The van der Waals surface area contributed by atoms with Crippen molar-refractivity contribution in [2.45, 2.75) is 38.1 Å². The molecule has 0 radical (unpaired) electrons. The fourth-order valence-electron chi connectivity index (χ4n) is 2.48. The summed E-state index contributed by atoms with van der Waals surface area (Å²) in [5.74, 6) is 1.16. The van der Waals surface area contributed by atoms with E-state index in [0.717, 1.165) is 36.8 Å². The summed E-state index contributed by atoms with van der Waals surface area (Å²) in [6.07, 6.45) is 7.62. The Hall–Kier alpha value is -1.75. The van der Waals surface area contributed by atoms with Crippen LogP contribution in [0.3, 0.4) is 0 Å². The van der Waals surface area contributed by atoms with E-state index in [1.165, 1.54) is 0 Å². The van der Waals surface area contributed by atoms with Crippen LogP contribution in [0.15, 0.2) is 23.0 Å². The van der Waals surface area contributed by atoms with Gasteiger partial charge in [0.1, 0.15) is 0 Å². The highest BCUT2D eigenvalue weighted by atomic mass is 16.5. The third kappa shape index (κ3) is 1.80. The van der Waals surface area contributed by atoms with Crippen molar-refractivity contribution in [2.24, 2.45) is 5.73 Å². The highest BCUT2D eigenvalue weighted by molar-refractivity contribution is 5.58. The van der Waals surface area contributed by atoms with Gasteiger partial charge in [-0.2, -0.15) is 4.98 Å². The topological polar surface area (TPSA) is 77.8 Å². The Kier molecular flexibility index (Phi) is 2.63. The van der Waals surface area contributed by atoms with E-state index in [1.54, 1.807) is 12.4 Å². The second kappa shape index (κ2) is 4.17. The van der Waals surface area contributed by atoms with Crippen LogP contribution in [0.5, 0.6) is 0 Å². The van der Waals surface area contributed by atoms with E-state index in [0.29, 0.717) is 11.7 Å². The van der Waals surface area contributed by atoms with Crippen molar-refractivity contribution in [3.8, 4) is 11.4 Å². The van der Waals surface area contributed by atoms with E-state index in [2.05, 4.69) is 15.1 Å². The van der Waals surface area contributed by atoms with Gasteiger partial charge in [-0.1, -0.05) is 18.0 Å². The molecule has 0 aliphatic heterocycles. The smallest absolute Gasteiger partial charge is 0.247 e. The lowest BCUT2D eigenvalue weighted by Gasteiger charge is -2.17. The van der Waals surface area contributed by atoms with Crippen molar-refractivity contribution >= 4 is 0 Å². The fraction of sp³-hybridized carbons (Fsp3) is 0.462. The summed E-state index contributed by atoms with van der Waals surface area (Å²) in [5, 5.41) is 4.04. The third-order valence-electron chi connectivity index (χ3n) is 3.61. The number of hydrogen-bond acceptors (Lipinski definition) is 5. The van der Waals surface area contributed by atoms with Crippen LogP contribution >= 0.6 is 0 Å². The summed E-state index contributed by atoms with van der Waals surface area (Å²) in [7, 11) is 0. The number of pyridine rings is 1. The molecule has 1 aliphatic rings. The minimum atomic E-state index is -0.424. The molecule has 2 aromatic heterocycles. The lowest BCUT2D eigenvalue weighted by molar-refractivity contribution is 0.285. The highest BCUT2D eigenvalue weighted by Gasteiger charge is 2.36. The summed E-state index contributed by atoms with van der Waals surface area (Å²) in [5.41, 5.74) is 7.85. The minimum Gasteiger partial charge on any atom is -0.337 e. The first-order valence-electron chi connectivity index (χ1n) is 6.23. The number of hydrogen-bond donors (Lipinski definition) is 1. The zero-order valence-corrected chi connectivity index (χ0v) is 10.4. The van der Waals surface area contributed by atoms with Crippen molar-refractivity contribution in [3.05, 3.63) is 29.9 Å². The second-order valence-electron chi connectivity index (χ2n) is 4.98. The Morgan fingerprint density at radius 3 is 2.83 bits per heavy atom. The lowest BCUT2D eigenvalue weighted by Crippen LogP contribution is -2.33. The molecule has 94 valence electrons. The van der Waals surface area contributed by atoms with Gasteiger partial charge in [-0.3, -0.25) is 4.98 Å². The van der Waals surface area contributed by atoms with Gasteiger partial charge in [-0.15, -0.1) is 0 Å². The summed E-state index contributed by atoms with van der Waals surface area (Å²) in [6.45, 7) is 1.98. The van der Waals surface area contributed by atoms with E-state index in [4.69, 9.17) is 10.3 Å². The van der Waals surface area contributed by atoms with Crippen molar-refractivity contribution in [1.29, 1.82) is 0 Å². The molecule has 0 bridgehead atoms. The summed E-state index contributed by atoms with van der Waals surface area (Å²) >= 11 is 0. The molecule has 1 saturated carbocycles. The Balaban J connectivity index is 1.97. The van der Waals surface area contributed by atoms with E-state index >= 15 is 0 Å². The molecular formula is C13H16N4O. The van der Waals surface area contributed by atoms with Crippen LogP contribution in [-0.2, 0) is 5.54 Å². The molecule has 5 nitrogen and oxygen atoms in total. The molecule has 2 aromatic rings. The van der Waals surface area contributed by atoms with E-state index in [1.807, 2.05) is 13.0 Å². The number of nitrogens with two attached hydrogens (primary N) is 1. The van der Waals surface area contributed by atoms with Gasteiger partial charge in [0.05, 0.1) is 5.54 Å². The summed E-state index contributed by atoms with van der Waals surface area (Å²) in [6, 6.07) is 1.89. The maximum Gasteiger partial charge on any atom is 0.247 e. The van der Waals surface area contributed by atoms with Crippen LogP contribution < -0.4 is 5.73 Å². The van der Waals surface area contributed by atoms with Gasteiger partial charge in [-0.05, 0) is 31.4 Å². The zero-order valence-electron chi connectivity index (χ0n) is 10.4. The largest absolute Gasteiger partial charge is 0.337 e. The molecule has 0 atom stereocenters. The fourth-order valence-corrected chi connectivity index (χ4v) is 2.48. The third-order valence-corrected chi connectivity index (χ3v) is 3.61. The van der Waals surface area contributed by atoms with Crippen LogP contribution in [0.25, 0.3) is 11.4 Å².